The second-order valence-electron chi connectivity index (χ2n) is 3.48. The van der Waals surface area contributed by atoms with Gasteiger partial charge in [0.2, 0.25) is 0 Å². The van der Waals surface area contributed by atoms with Crippen LogP contribution in [-0.2, 0) is 11.2 Å². The van der Waals surface area contributed by atoms with E-state index in [4.69, 9.17) is 5.26 Å². The van der Waals surface area contributed by atoms with E-state index >= 15 is 0 Å². The summed E-state index contributed by atoms with van der Waals surface area (Å²) in [6, 6.07) is 4.44. The smallest absolute Gasteiger partial charge is 0.446 e. The molecular weight excluding hydrogens is 279 g/mol. The second-order valence-corrected chi connectivity index (χ2v) is 4.56. The van der Waals surface area contributed by atoms with E-state index in [-0.39, 0.29) is 11.1 Å². The molecule has 102 valence electrons. The van der Waals surface area contributed by atoms with Crippen LogP contribution in [-0.4, -0.2) is 18.6 Å². The first kappa shape index (κ1) is 15.4. The molecule has 0 heterocycles. The molecule has 0 saturated carbocycles. The standard InChI is InChI=1S/C12H10F3NO2S/c1-3-7-4-5-8(11(17)18-2)10(9(7)6-16)19-12(13,14)15/h4-5H,3H2,1-2H3. The predicted molar refractivity (Wildman–Crippen MR) is 63.8 cm³/mol. The number of ether oxygens (including phenoxy) is 1. The van der Waals surface area contributed by atoms with Crippen LogP contribution < -0.4 is 0 Å². The lowest BCUT2D eigenvalue weighted by molar-refractivity contribution is -0.0328. The van der Waals surface area contributed by atoms with E-state index < -0.39 is 28.1 Å². The van der Waals surface area contributed by atoms with Crippen LogP contribution >= 0.6 is 11.8 Å². The Hall–Kier alpha value is -1.68. The number of thioether (sulfide) groups is 1. The summed E-state index contributed by atoms with van der Waals surface area (Å²) in [5, 5.41) is 9.02. The number of halogens is 3. The zero-order valence-corrected chi connectivity index (χ0v) is 11.0. The lowest BCUT2D eigenvalue weighted by atomic mass is 10.0. The molecule has 0 radical (unpaired) electrons. The normalized spacial score (nSPS) is 10.9. The maximum Gasteiger partial charge on any atom is 0.446 e. The molecule has 0 aliphatic heterocycles. The number of benzene rings is 1. The van der Waals surface area contributed by atoms with Crippen molar-refractivity contribution in [2.24, 2.45) is 0 Å². The topological polar surface area (TPSA) is 50.1 Å². The molecule has 0 bridgehead atoms. The predicted octanol–water partition coefficient (Wildman–Crippen LogP) is 3.52. The van der Waals surface area contributed by atoms with Gasteiger partial charge in [0.15, 0.2) is 0 Å². The van der Waals surface area contributed by atoms with Crippen LogP contribution in [0.25, 0.3) is 0 Å². The van der Waals surface area contributed by atoms with Crippen molar-refractivity contribution in [1.29, 1.82) is 5.26 Å². The molecular formula is C12H10F3NO2S. The molecule has 0 atom stereocenters. The van der Waals surface area contributed by atoms with E-state index in [1.54, 1.807) is 13.0 Å². The fraction of sp³-hybridized carbons (Fsp3) is 0.333. The Morgan fingerprint density at radius 3 is 2.53 bits per heavy atom. The summed E-state index contributed by atoms with van der Waals surface area (Å²) in [6.45, 7) is 1.72. The first-order valence-electron chi connectivity index (χ1n) is 5.24. The van der Waals surface area contributed by atoms with Crippen molar-refractivity contribution in [3.05, 3.63) is 28.8 Å². The molecule has 0 aliphatic carbocycles. The molecule has 1 aromatic rings. The molecule has 19 heavy (non-hydrogen) atoms. The molecule has 3 nitrogen and oxygen atoms in total. The zero-order chi connectivity index (χ0) is 14.6. The molecule has 0 amide bonds. The van der Waals surface area contributed by atoms with Gasteiger partial charge in [0.05, 0.1) is 18.2 Å². The van der Waals surface area contributed by atoms with Crippen LogP contribution in [0.2, 0.25) is 0 Å². The van der Waals surface area contributed by atoms with Crippen molar-refractivity contribution in [3.63, 3.8) is 0 Å². The van der Waals surface area contributed by atoms with Gasteiger partial charge in [-0.15, -0.1) is 0 Å². The van der Waals surface area contributed by atoms with Crippen molar-refractivity contribution in [1.82, 2.24) is 0 Å². The van der Waals surface area contributed by atoms with Gasteiger partial charge in [0.25, 0.3) is 0 Å². The number of nitrogens with zero attached hydrogens (tertiary/aromatic N) is 1. The van der Waals surface area contributed by atoms with Gasteiger partial charge in [-0.2, -0.15) is 18.4 Å². The van der Waals surface area contributed by atoms with Gasteiger partial charge in [-0.05, 0) is 29.8 Å². The van der Waals surface area contributed by atoms with Gasteiger partial charge < -0.3 is 4.74 Å². The largest absolute Gasteiger partial charge is 0.465 e. The highest BCUT2D eigenvalue weighted by molar-refractivity contribution is 8.00. The van der Waals surface area contributed by atoms with Crippen molar-refractivity contribution in [2.75, 3.05) is 7.11 Å². The average molecular weight is 289 g/mol. The van der Waals surface area contributed by atoms with E-state index in [0.29, 0.717) is 12.0 Å². The van der Waals surface area contributed by atoms with E-state index in [9.17, 15) is 18.0 Å². The van der Waals surface area contributed by atoms with E-state index in [1.165, 1.54) is 12.1 Å². The third-order valence-corrected chi connectivity index (χ3v) is 3.22. The molecule has 0 fully saturated rings. The third-order valence-electron chi connectivity index (χ3n) is 2.36. The number of rotatable bonds is 3. The summed E-state index contributed by atoms with van der Waals surface area (Å²) in [5.74, 6) is -0.897. The second kappa shape index (κ2) is 5.97. The average Bonchev–Trinajstić information content (AvgIpc) is 2.35. The number of nitriles is 1. The highest BCUT2D eigenvalue weighted by atomic mass is 32.2. The number of esters is 1. The van der Waals surface area contributed by atoms with E-state index in [2.05, 4.69) is 4.74 Å². The van der Waals surface area contributed by atoms with Crippen molar-refractivity contribution in [3.8, 4) is 6.07 Å². The zero-order valence-electron chi connectivity index (χ0n) is 10.2. The summed E-state index contributed by atoms with van der Waals surface area (Å²) >= 11 is -0.472. The number of hydrogen-bond acceptors (Lipinski definition) is 4. The molecule has 0 unspecified atom stereocenters. The van der Waals surface area contributed by atoms with Crippen LogP contribution in [0.15, 0.2) is 17.0 Å². The highest BCUT2D eigenvalue weighted by Crippen LogP contribution is 2.41. The van der Waals surface area contributed by atoms with Gasteiger partial charge in [0.1, 0.15) is 6.07 Å². The fourth-order valence-corrected chi connectivity index (χ4v) is 2.30. The molecule has 7 heteroatoms. The summed E-state index contributed by atoms with van der Waals surface area (Å²) in [6.07, 6.45) is 0.399. The van der Waals surface area contributed by atoms with Gasteiger partial charge in [-0.25, -0.2) is 4.79 Å². The lowest BCUT2D eigenvalue weighted by Crippen LogP contribution is -2.09. The Morgan fingerprint density at radius 2 is 2.11 bits per heavy atom. The van der Waals surface area contributed by atoms with Gasteiger partial charge in [0, 0.05) is 4.90 Å². The molecule has 0 N–H and O–H groups in total. The number of hydrogen-bond donors (Lipinski definition) is 0. The maximum atomic E-state index is 12.5. The van der Waals surface area contributed by atoms with Crippen LogP contribution in [0, 0.1) is 11.3 Å². The number of carbonyl (C=O) groups is 1. The van der Waals surface area contributed by atoms with Gasteiger partial charge >= 0.3 is 11.5 Å². The Kier molecular flexibility index (Phi) is 4.84. The Balaban J connectivity index is 3.50. The minimum absolute atomic E-state index is 0.132. The molecule has 0 spiro atoms. The van der Waals surface area contributed by atoms with Crippen LogP contribution in [0.4, 0.5) is 13.2 Å². The first-order chi connectivity index (χ1) is 8.84. The van der Waals surface area contributed by atoms with Crippen molar-refractivity contribution >= 4 is 17.7 Å². The number of carbonyl (C=O) groups excluding carboxylic acids is 1. The van der Waals surface area contributed by atoms with Crippen LogP contribution in [0.3, 0.4) is 0 Å². The monoisotopic (exact) mass is 289 g/mol. The molecule has 0 aliphatic rings. The first-order valence-corrected chi connectivity index (χ1v) is 6.05. The summed E-state index contributed by atoms with van der Waals surface area (Å²) in [5.41, 5.74) is -4.51. The van der Waals surface area contributed by atoms with Crippen molar-refractivity contribution in [2.45, 2.75) is 23.7 Å². The lowest BCUT2D eigenvalue weighted by Gasteiger charge is -2.13. The third kappa shape index (κ3) is 3.64. The quantitative estimate of drug-likeness (QED) is 0.631. The van der Waals surface area contributed by atoms with E-state index in [1.807, 2.05) is 0 Å². The molecule has 1 aromatic carbocycles. The number of methoxy groups -OCH3 is 1. The number of alkyl halides is 3. The van der Waals surface area contributed by atoms with Crippen molar-refractivity contribution < 1.29 is 22.7 Å². The SMILES string of the molecule is CCc1ccc(C(=O)OC)c(SC(F)(F)F)c1C#N. The number of aryl methyl sites for hydroxylation is 1. The van der Waals surface area contributed by atoms with Crippen LogP contribution in [0.1, 0.15) is 28.4 Å². The molecule has 0 saturated heterocycles. The summed E-state index contributed by atoms with van der Waals surface area (Å²) < 4.78 is 42.1. The summed E-state index contributed by atoms with van der Waals surface area (Å²) in [7, 11) is 1.07. The van der Waals surface area contributed by atoms with E-state index in [0.717, 1.165) is 7.11 Å². The minimum Gasteiger partial charge on any atom is -0.465 e. The fourth-order valence-electron chi connectivity index (χ4n) is 1.53. The van der Waals surface area contributed by atoms with Crippen LogP contribution in [0.5, 0.6) is 0 Å². The Labute approximate surface area is 112 Å². The Bertz CT molecular complexity index is 535. The molecule has 0 aromatic heterocycles. The molecule has 1 rings (SSSR count). The maximum absolute atomic E-state index is 12.5. The summed E-state index contributed by atoms with van der Waals surface area (Å²) in [4.78, 5) is 11.1. The van der Waals surface area contributed by atoms with Gasteiger partial charge in [-0.1, -0.05) is 13.0 Å². The minimum atomic E-state index is -4.58. The Morgan fingerprint density at radius 1 is 1.47 bits per heavy atom. The van der Waals surface area contributed by atoms with Gasteiger partial charge in [-0.3, -0.25) is 0 Å². The highest BCUT2D eigenvalue weighted by Gasteiger charge is 2.33.